The van der Waals surface area contributed by atoms with E-state index in [2.05, 4.69) is 25.8 Å². The quantitative estimate of drug-likeness (QED) is 0.0912. The molecule has 1 heterocycles. The normalized spacial score (nSPS) is 11.5. The Balaban J connectivity index is 0.00000497. The van der Waals surface area contributed by atoms with Gasteiger partial charge in [-0.15, -0.1) is 0 Å². The van der Waals surface area contributed by atoms with Crippen molar-refractivity contribution in [3.8, 4) is 0 Å². The Morgan fingerprint density at radius 3 is 2.73 bits per heavy atom. The van der Waals surface area contributed by atoms with Gasteiger partial charge in [0.25, 0.3) is 5.91 Å². The van der Waals surface area contributed by atoms with Gasteiger partial charge in [0.2, 0.25) is 0 Å². The van der Waals surface area contributed by atoms with Crippen molar-refractivity contribution in [1.29, 1.82) is 0 Å². The number of aliphatic imine (C=N–C) groups is 1. The highest BCUT2D eigenvalue weighted by molar-refractivity contribution is 8.76. The van der Waals surface area contributed by atoms with E-state index in [1.54, 1.807) is 30.0 Å². The monoisotopic (exact) mass is 495 g/mol. The van der Waals surface area contributed by atoms with Crippen molar-refractivity contribution in [2.75, 3.05) is 25.6 Å². The zero-order chi connectivity index (χ0) is 24.7. The molecular formula is C23H37N5O3S2. The molecule has 0 fully saturated rings. The zero-order valence-corrected chi connectivity index (χ0v) is 21.9. The van der Waals surface area contributed by atoms with Crippen LogP contribution in [0.4, 0.5) is 0 Å². The van der Waals surface area contributed by atoms with Gasteiger partial charge in [0.15, 0.2) is 0 Å². The van der Waals surface area contributed by atoms with Gasteiger partial charge in [0.1, 0.15) is 11.7 Å². The maximum Gasteiger partial charge on any atom is 0.306 e. The Bertz CT molecular complexity index is 756. The van der Waals surface area contributed by atoms with Crippen molar-refractivity contribution < 1.29 is 14.3 Å². The van der Waals surface area contributed by atoms with Gasteiger partial charge in [-0.2, -0.15) is 5.10 Å². The van der Waals surface area contributed by atoms with E-state index in [9.17, 15) is 9.59 Å². The number of hydrazone groups is 1. The number of esters is 1. The predicted octanol–water partition coefficient (Wildman–Crippen LogP) is 4.64. The second-order valence-electron chi connectivity index (χ2n) is 6.23. The largest absolute Gasteiger partial charge is 0.466 e. The molecule has 0 unspecified atom stereocenters. The molecule has 0 saturated heterocycles. The first kappa shape index (κ1) is 30.7. The molecule has 1 aromatic heterocycles. The highest BCUT2D eigenvalue weighted by Gasteiger charge is 2.06. The first-order valence-electron chi connectivity index (χ1n) is 11.1. The molecule has 33 heavy (non-hydrogen) atoms. The van der Waals surface area contributed by atoms with E-state index in [4.69, 9.17) is 4.74 Å². The van der Waals surface area contributed by atoms with E-state index in [-0.39, 0.29) is 18.5 Å². The molecule has 0 atom stereocenters. The summed E-state index contributed by atoms with van der Waals surface area (Å²) in [5, 5.41) is 7.83. The van der Waals surface area contributed by atoms with E-state index in [1.165, 1.54) is 17.0 Å². The number of amides is 1. The number of rotatable bonds is 15. The molecule has 1 amide bonds. The van der Waals surface area contributed by atoms with Gasteiger partial charge in [0.05, 0.1) is 18.6 Å². The summed E-state index contributed by atoms with van der Waals surface area (Å²) >= 11 is 0. The third-order valence-corrected chi connectivity index (χ3v) is 6.06. The van der Waals surface area contributed by atoms with E-state index < -0.39 is 0 Å². The molecule has 8 nitrogen and oxygen atoms in total. The van der Waals surface area contributed by atoms with Crippen molar-refractivity contribution in [3.63, 3.8) is 0 Å². The van der Waals surface area contributed by atoms with E-state index >= 15 is 0 Å². The molecule has 0 bridgehead atoms. The minimum atomic E-state index is -0.241. The van der Waals surface area contributed by atoms with Gasteiger partial charge >= 0.3 is 5.97 Å². The first-order valence-corrected chi connectivity index (χ1v) is 13.4. The lowest BCUT2D eigenvalue weighted by atomic mass is 10.2. The van der Waals surface area contributed by atoms with Crippen LogP contribution >= 0.6 is 21.6 Å². The molecule has 0 aliphatic carbocycles. The first-order chi connectivity index (χ1) is 16.1. The minimum Gasteiger partial charge on any atom is -0.466 e. The SMILES string of the molecule is C/C=C(\C=N/CN/N=C(/C)CC)C(=O)NCCCOC(=O)CCSSc1ccccn1.CC. The molecular weight excluding hydrogens is 458 g/mol. The van der Waals surface area contributed by atoms with Crippen LogP contribution in [0.5, 0.6) is 0 Å². The van der Waals surface area contributed by atoms with Crippen molar-refractivity contribution in [1.82, 2.24) is 15.7 Å². The number of ether oxygens (including phenoxy) is 1. The standard InChI is InChI=1S/C21H31N5O3S2.C2H6/c1-4-17(3)26-25-16-22-15-18(5-2)21(28)24-12-8-13-29-20(27)10-14-30-31-19-9-6-7-11-23-19;1-2/h5-7,9,11,15,25H,4,8,10,12-14,16H2,1-3H3,(H,24,28);1-2H3/b18-5+,22-15-,26-17-;. The van der Waals surface area contributed by atoms with Crippen molar-refractivity contribution >= 4 is 45.4 Å². The van der Waals surface area contributed by atoms with E-state index in [0.717, 1.165) is 17.2 Å². The Morgan fingerprint density at radius 1 is 1.27 bits per heavy atom. The molecule has 0 aliphatic heterocycles. The van der Waals surface area contributed by atoms with Crippen LogP contribution in [0.3, 0.4) is 0 Å². The Morgan fingerprint density at radius 2 is 2.06 bits per heavy atom. The van der Waals surface area contributed by atoms with Gasteiger partial charge in [-0.3, -0.25) is 20.0 Å². The molecule has 0 radical (unpaired) electrons. The fraction of sp³-hybridized carbons (Fsp3) is 0.522. The molecule has 10 heteroatoms. The van der Waals surface area contributed by atoms with Crippen LogP contribution in [0.25, 0.3) is 0 Å². The van der Waals surface area contributed by atoms with Crippen LogP contribution in [0.2, 0.25) is 0 Å². The predicted molar refractivity (Wildman–Crippen MR) is 141 cm³/mol. The van der Waals surface area contributed by atoms with E-state index in [1.807, 2.05) is 45.9 Å². The Kier molecular flexibility index (Phi) is 20.0. The number of pyridine rings is 1. The highest BCUT2D eigenvalue weighted by atomic mass is 33.1. The summed E-state index contributed by atoms with van der Waals surface area (Å²) < 4.78 is 5.19. The molecule has 0 saturated carbocycles. The van der Waals surface area contributed by atoms with Crippen LogP contribution in [-0.2, 0) is 14.3 Å². The summed E-state index contributed by atoms with van der Waals surface area (Å²) in [6.45, 7) is 10.7. The van der Waals surface area contributed by atoms with Gasteiger partial charge in [-0.05, 0) is 49.6 Å². The van der Waals surface area contributed by atoms with Crippen LogP contribution < -0.4 is 10.7 Å². The van der Waals surface area contributed by atoms with Gasteiger partial charge < -0.3 is 10.1 Å². The summed E-state index contributed by atoms with van der Waals surface area (Å²) in [4.78, 5) is 32.2. The average molecular weight is 496 g/mol. The number of aromatic nitrogens is 1. The van der Waals surface area contributed by atoms with Crippen molar-refractivity contribution in [2.45, 2.75) is 58.9 Å². The summed E-state index contributed by atoms with van der Waals surface area (Å²) in [5.41, 5.74) is 4.29. The van der Waals surface area contributed by atoms with Gasteiger partial charge in [-0.25, -0.2) is 4.98 Å². The fourth-order valence-corrected chi connectivity index (χ4v) is 3.81. The third kappa shape index (κ3) is 16.9. The maximum absolute atomic E-state index is 12.1. The Labute approximate surface area is 205 Å². The van der Waals surface area contributed by atoms with Gasteiger partial charge in [0, 0.05) is 30.4 Å². The lowest BCUT2D eigenvalue weighted by Gasteiger charge is -2.07. The summed E-state index contributed by atoms with van der Waals surface area (Å²) in [6, 6.07) is 5.72. The maximum atomic E-state index is 12.1. The smallest absolute Gasteiger partial charge is 0.306 e. The van der Waals surface area contributed by atoms with E-state index in [0.29, 0.717) is 37.4 Å². The molecule has 0 spiro atoms. The minimum absolute atomic E-state index is 0.214. The number of nitrogens with one attached hydrogen (secondary N) is 2. The Hall–Kier alpha value is -2.33. The van der Waals surface area contributed by atoms with Crippen molar-refractivity contribution in [2.24, 2.45) is 10.1 Å². The van der Waals surface area contributed by atoms with Crippen LogP contribution in [0.15, 0.2) is 51.2 Å². The molecule has 2 N–H and O–H groups in total. The fourth-order valence-electron chi connectivity index (χ4n) is 1.96. The van der Waals surface area contributed by atoms with Crippen LogP contribution in [0, 0.1) is 0 Å². The molecule has 0 aromatic carbocycles. The third-order valence-electron chi connectivity index (χ3n) is 3.79. The van der Waals surface area contributed by atoms with Crippen molar-refractivity contribution in [3.05, 3.63) is 36.0 Å². The number of carbonyl (C=O) groups excluding carboxylic acids is 2. The topological polar surface area (TPSA) is 105 Å². The summed E-state index contributed by atoms with van der Waals surface area (Å²) in [5.74, 6) is 0.197. The second-order valence-corrected chi connectivity index (χ2v) is 8.66. The average Bonchev–Trinajstić information content (AvgIpc) is 2.85. The molecule has 1 aromatic rings. The number of allylic oxidation sites excluding steroid dienone is 1. The summed E-state index contributed by atoms with van der Waals surface area (Å²) in [7, 11) is 3.10. The van der Waals surface area contributed by atoms with Crippen LogP contribution in [-0.4, -0.2) is 54.4 Å². The zero-order valence-electron chi connectivity index (χ0n) is 20.3. The molecule has 1 rings (SSSR count). The second kappa shape index (κ2) is 21.5. The summed E-state index contributed by atoms with van der Waals surface area (Å²) in [6.07, 6.45) is 6.71. The number of carbonyl (C=O) groups is 2. The van der Waals surface area contributed by atoms with Gasteiger partial charge in [-0.1, -0.05) is 43.7 Å². The number of hydrogen-bond donors (Lipinski definition) is 2. The lowest BCUT2D eigenvalue weighted by Crippen LogP contribution is -2.27. The lowest BCUT2D eigenvalue weighted by molar-refractivity contribution is -0.143. The number of nitrogens with zero attached hydrogens (tertiary/aromatic N) is 3. The number of hydrogen-bond acceptors (Lipinski definition) is 9. The molecule has 0 aliphatic rings. The van der Waals surface area contributed by atoms with Crippen LogP contribution in [0.1, 0.15) is 53.9 Å². The highest BCUT2D eigenvalue weighted by Crippen LogP contribution is 2.29. The molecule has 184 valence electrons.